The van der Waals surface area contributed by atoms with Gasteiger partial charge in [-0.3, -0.25) is 9.69 Å². The molecular formula is C18H16N2O2. The highest BCUT2D eigenvalue weighted by molar-refractivity contribution is 6.01. The van der Waals surface area contributed by atoms with Gasteiger partial charge in [0.05, 0.1) is 12.2 Å². The van der Waals surface area contributed by atoms with Gasteiger partial charge < -0.3 is 10.5 Å². The van der Waals surface area contributed by atoms with E-state index in [9.17, 15) is 4.79 Å². The minimum Gasteiger partial charge on any atom is -0.478 e. The third-order valence-corrected chi connectivity index (χ3v) is 3.60. The summed E-state index contributed by atoms with van der Waals surface area (Å²) in [5.74, 6) is 3.01. The molecule has 0 saturated heterocycles. The number of fused-ring (bicyclic) bond motifs is 1. The second-order valence-electron chi connectivity index (χ2n) is 5.15. The summed E-state index contributed by atoms with van der Waals surface area (Å²) < 4.78 is 5.86. The molecule has 2 aromatic rings. The summed E-state index contributed by atoms with van der Waals surface area (Å²) in [5, 5.41) is 0. The van der Waals surface area contributed by atoms with Gasteiger partial charge in [0.25, 0.3) is 5.91 Å². The highest BCUT2D eigenvalue weighted by atomic mass is 16.5. The molecule has 1 aliphatic heterocycles. The van der Waals surface area contributed by atoms with Gasteiger partial charge in [0.2, 0.25) is 0 Å². The number of terminal acetylenes is 1. The Balaban J connectivity index is 1.93. The van der Waals surface area contributed by atoms with Gasteiger partial charge in [-0.05, 0) is 23.8 Å². The molecule has 0 aliphatic carbocycles. The number of nitrogen functional groups attached to an aromatic ring is 1. The Morgan fingerprint density at radius 2 is 2.00 bits per heavy atom. The smallest absolute Gasteiger partial charge is 0.269 e. The van der Waals surface area contributed by atoms with E-state index in [0.717, 1.165) is 5.56 Å². The number of anilines is 2. The lowest BCUT2D eigenvalue weighted by molar-refractivity contribution is -0.126. The molecule has 0 radical (unpaired) electrons. The van der Waals surface area contributed by atoms with Crippen LogP contribution in [0.3, 0.4) is 0 Å². The Hall–Kier alpha value is -2.93. The molecule has 4 heteroatoms. The van der Waals surface area contributed by atoms with Crippen molar-refractivity contribution in [3.63, 3.8) is 0 Å². The summed E-state index contributed by atoms with van der Waals surface area (Å²) in [4.78, 5) is 14.2. The van der Waals surface area contributed by atoms with Crippen molar-refractivity contribution in [2.75, 3.05) is 17.2 Å². The molecule has 0 saturated carbocycles. The number of carbonyl (C=O) groups excluding carboxylic acids is 1. The number of nitrogens with two attached hydrogens (primary N) is 1. The summed E-state index contributed by atoms with van der Waals surface area (Å²) in [5.41, 5.74) is 8.04. The van der Waals surface area contributed by atoms with E-state index in [0.29, 0.717) is 23.5 Å². The molecule has 0 bridgehead atoms. The molecule has 1 atom stereocenters. The summed E-state index contributed by atoms with van der Waals surface area (Å²) >= 11 is 0. The van der Waals surface area contributed by atoms with E-state index >= 15 is 0 Å². The van der Waals surface area contributed by atoms with Gasteiger partial charge in [0, 0.05) is 12.1 Å². The van der Waals surface area contributed by atoms with Gasteiger partial charge in [-0.25, -0.2) is 0 Å². The molecule has 0 spiro atoms. The molecule has 1 amide bonds. The summed E-state index contributed by atoms with van der Waals surface area (Å²) in [6, 6.07) is 15.0. The van der Waals surface area contributed by atoms with Gasteiger partial charge in [-0.1, -0.05) is 36.3 Å². The molecule has 110 valence electrons. The summed E-state index contributed by atoms with van der Waals surface area (Å²) in [6.07, 6.45) is 5.33. The molecule has 22 heavy (non-hydrogen) atoms. The quantitative estimate of drug-likeness (QED) is 0.697. The number of benzene rings is 2. The van der Waals surface area contributed by atoms with Crippen molar-refractivity contribution in [2.45, 2.75) is 12.5 Å². The van der Waals surface area contributed by atoms with Gasteiger partial charge in [-0.2, -0.15) is 0 Å². The molecule has 2 N–H and O–H groups in total. The standard InChI is InChI=1S/C18H16N2O2/c1-2-10-20-15-12-14(19)8-9-16(15)22-17(18(20)21)11-13-6-4-3-5-7-13/h1,3-9,12,17H,10-11,19H2. The van der Waals surface area contributed by atoms with E-state index < -0.39 is 6.10 Å². The molecule has 1 heterocycles. The van der Waals surface area contributed by atoms with Crippen molar-refractivity contribution < 1.29 is 9.53 Å². The normalized spacial score (nSPS) is 16.6. The third-order valence-electron chi connectivity index (χ3n) is 3.60. The minimum atomic E-state index is -0.577. The highest BCUT2D eigenvalue weighted by Gasteiger charge is 2.34. The lowest BCUT2D eigenvalue weighted by atomic mass is 10.0. The van der Waals surface area contributed by atoms with Crippen LogP contribution in [-0.4, -0.2) is 18.6 Å². The second kappa shape index (κ2) is 5.82. The van der Waals surface area contributed by atoms with Crippen LogP contribution >= 0.6 is 0 Å². The lowest BCUT2D eigenvalue weighted by Gasteiger charge is -2.33. The third kappa shape index (κ3) is 2.61. The molecule has 0 fully saturated rings. The van der Waals surface area contributed by atoms with Crippen molar-refractivity contribution in [1.82, 2.24) is 0 Å². The minimum absolute atomic E-state index is 0.139. The first-order valence-corrected chi connectivity index (χ1v) is 7.04. The van der Waals surface area contributed by atoms with Crippen molar-refractivity contribution in [3.8, 4) is 18.1 Å². The fourth-order valence-electron chi connectivity index (χ4n) is 2.55. The Morgan fingerprint density at radius 1 is 1.23 bits per heavy atom. The zero-order chi connectivity index (χ0) is 15.5. The van der Waals surface area contributed by atoms with E-state index in [1.807, 2.05) is 30.3 Å². The van der Waals surface area contributed by atoms with Crippen LogP contribution in [0.5, 0.6) is 5.75 Å². The first-order chi connectivity index (χ1) is 10.7. The maximum absolute atomic E-state index is 12.7. The van der Waals surface area contributed by atoms with E-state index in [1.54, 1.807) is 23.1 Å². The predicted octanol–water partition coefficient (Wildman–Crippen LogP) is 2.24. The number of hydrogen-bond acceptors (Lipinski definition) is 3. The van der Waals surface area contributed by atoms with Crippen LogP contribution in [0.1, 0.15) is 5.56 Å². The van der Waals surface area contributed by atoms with Gasteiger partial charge in [0.1, 0.15) is 5.75 Å². The number of ether oxygens (including phenoxy) is 1. The van der Waals surface area contributed by atoms with E-state index in [-0.39, 0.29) is 12.5 Å². The lowest BCUT2D eigenvalue weighted by Crippen LogP contribution is -2.47. The predicted molar refractivity (Wildman–Crippen MR) is 86.6 cm³/mol. The SMILES string of the molecule is C#CCN1C(=O)C(Cc2ccccc2)Oc2ccc(N)cc21. The molecule has 3 rings (SSSR count). The van der Waals surface area contributed by atoms with Crippen LogP contribution < -0.4 is 15.4 Å². The Morgan fingerprint density at radius 3 is 2.73 bits per heavy atom. The van der Waals surface area contributed by atoms with Crippen LogP contribution in [0.2, 0.25) is 0 Å². The van der Waals surface area contributed by atoms with Crippen LogP contribution in [0.15, 0.2) is 48.5 Å². The first-order valence-electron chi connectivity index (χ1n) is 7.04. The Labute approximate surface area is 129 Å². The van der Waals surface area contributed by atoms with Gasteiger partial charge in [-0.15, -0.1) is 6.42 Å². The Kier molecular flexibility index (Phi) is 3.71. The van der Waals surface area contributed by atoms with Crippen molar-refractivity contribution >= 4 is 17.3 Å². The summed E-state index contributed by atoms with van der Waals surface area (Å²) in [7, 11) is 0. The van der Waals surface area contributed by atoms with Crippen molar-refractivity contribution in [3.05, 3.63) is 54.1 Å². The number of carbonyl (C=O) groups is 1. The topological polar surface area (TPSA) is 55.6 Å². The van der Waals surface area contributed by atoms with Crippen molar-refractivity contribution in [1.29, 1.82) is 0 Å². The van der Waals surface area contributed by atoms with Crippen LogP contribution in [0.25, 0.3) is 0 Å². The zero-order valence-corrected chi connectivity index (χ0v) is 12.0. The van der Waals surface area contributed by atoms with Crippen LogP contribution in [0.4, 0.5) is 11.4 Å². The fraction of sp³-hybridized carbons (Fsp3) is 0.167. The Bertz CT molecular complexity index is 734. The first kappa shape index (κ1) is 14.0. The molecular weight excluding hydrogens is 276 g/mol. The fourth-order valence-corrected chi connectivity index (χ4v) is 2.55. The molecule has 0 aromatic heterocycles. The van der Waals surface area contributed by atoms with E-state index in [4.69, 9.17) is 16.9 Å². The van der Waals surface area contributed by atoms with Crippen LogP contribution in [0, 0.1) is 12.3 Å². The maximum Gasteiger partial charge on any atom is 0.269 e. The highest BCUT2D eigenvalue weighted by Crippen LogP contribution is 2.36. The maximum atomic E-state index is 12.7. The zero-order valence-electron chi connectivity index (χ0n) is 12.0. The molecule has 1 unspecified atom stereocenters. The monoisotopic (exact) mass is 292 g/mol. The number of rotatable bonds is 3. The molecule has 4 nitrogen and oxygen atoms in total. The summed E-state index contributed by atoms with van der Waals surface area (Å²) in [6.45, 7) is 0.198. The largest absolute Gasteiger partial charge is 0.478 e. The average Bonchev–Trinajstić information content (AvgIpc) is 2.53. The van der Waals surface area contributed by atoms with Gasteiger partial charge in [0.15, 0.2) is 6.10 Å². The van der Waals surface area contributed by atoms with Gasteiger partial charge >= 0.3 is 0 Å². The molecule has 2 aromatic carbocycles. The second-order valence-corrected chi connectivity index (χ2v) is 5.15. The van der Waals surface area contributed by atoms with Crippen LogP contribution in [-0.2, 0) is 11.2 Å². The number of nitrogens with zero attached hydrogens (tertiary/aromatic N) is 1. The van der Waals surface area contributed by atoms with E-state index in [2.05, 4.69) is 5.92 Å². The van der Waals surface area contributed by atoms with Crippen molar-refractivity contribution in [2.24, 2.45) is 0 Å². The van der Waals surface area contributed by atoms with E-state index in [1.165, 1.54) is 0 Å². The number of hydrogen-bond donors (Lipinski definition) is 1. The average molecular weight is 292 g/mol. The molecule has 1 aliphatic rings. The number of amides is 1.